The SMILES string of the molecule is COc1ccc([C@@H](NC(=O)/C=C/c2ccccc2)C(C)C)cc1. The minimum atomic E-state index is -0.0941. The maximum absolute atomic E-state index is 12.2. The van der Waals surface area contributed by atoms with Crippen LogP contribution in [0.2, 0.25) is 0 Å². The molecule has 2 rings (SSSR count). The lowest BCUT2D eigenvalue weighted by molar-refractivity contribution is -0.117. The van der Waals surface area contributed by atoms with Crippen LogP contribution in [0.1, 0.15) is 31.0 Å². The third-order valence-electron chi connectivity index (χ3n) is 3.67. The van der Waals surface area contributed by atoms with Crippen molar-refractivity contribution >= 4 is 12.0 Å². The van der Waals surface area contributed by atoms with E-state index in [1.165, 1.54) is 0 Å². The fraction of sp³-hybridized carbons (Fsp3) is 0.250. The third kappa shape index (κ3) is 4.99. The normalized spacial score (nSPS) is 12.3. The number of hydrogen-bond acceptors (Lipinski definition) is 2. The van der Waals surface area contributed by atoms with Crippen LogP contribution in [0.15, 0.2) is 60.7 Å². The first kappa shape index (κ1) is 16.8. The van der Waals surface area contributed by atoms with Crippen molar-refractivity contribution in [2.75, 3.05) is 7.11 Å². The topological polar surface area (TPSA) is 38.3 Å². The predicted molar refractivity (Wildman–Crippen MR) is 94.2 cm³/mol. The number of carbonyl (C=O) groups is 1. The van der Waals surface area contributed by atoms with Gasteiger partial charge in [-0.05, 0) is 35.3 Å². The number of amides is 1. The van der Waals surface area contributed by atoms with Crippen molar-refractivity contribution in [3.63, 3.8) is 0 Å². The van der Waals surface area contributed by atoms with E-state index in [1.807, 2.05) is 60.7 Å². The van der Waals surface area contributed by atoms with E-state index in [2.05, 4.69) is 19.2 Å². The summed E-state index contributed by atoms with van der Waals surface area (Å²) in [7, 11) is 1.64. The first-order valence-corrected chi connectivity index (χ1v) is 7.77. The summed E-state index contributed by atoms with van der Waals surface area (Å²) in [4.78, 5) is 12.2. The molecule has 0 spiro atoms. The molecule has 1 N–H and O–H groups in total. The maximum Gasteiger partial charge on any atom is 0.244 e. The van der Waals surface area contributed by atoms with E-state index >= 15 is 0 Å². The zero-order valence-corrected chi connectivity index (χ0v) is 13.8. The molecule has 0 saturated carbocycles. The molecule has 0 saturated heterocycles. The van der Waals surface area contributed by atoms with Gasteiger partial charge in [0.2, 0.25) is 5.91 Å². The Balaban J connectivity index is 2.06. The number of hydrogen-bond donors (Lipinski definition) is 1. The Hall–Kier alpha value is -2.55. The standard InChI is InChI=1S/C20H23NO2/c1-15(2)20(17-10-12-18(23-3)13-11-17)21-19(22)14-9-16-7-5-4-6-8-16/h4-15,20H,1-3H3,(H,21,22)/b14-9+/t20-/m0/s1. The maximum atomic E-state index is 12.2. The van der Waals surface area contributed by atoms with Gasteiger partial charge in [0, 0.05) is 6.08 Å². The molecule has 3 heteroatoms. The average Bonchev–Trinajstić information content (AvgIpc) is 2.58. The molecular formula is C20H23NO2. The molecule has 0 aliphatic carbocycles. The molecule has 23 heavy (non-hydrogen) atoms. The highest BCUT2D eigenvalue weighted by Crippen LogP contribution is 2.23. The van der Waals surface area contributed by atoms with Gasteiger partial charge in [-0.1, -0.05) is 56.3 Å². The minimum absolute atomic E-state index is 0.0335. The molecule has 0 heterocycles. The van der Waals surface area contributed by atoms with Gasteiger partial charge >= 0.3 is 0 Å². The largest absolute Gasteiger partial charge is 0.497 e. The highest BCUT2D eigenvalue weighted by Gasteiger charge is 2.17. The van der Waals surface area contributed by atoms with Crippen molar-refractivity contribution in [3.8, 4) is 5.75 Å². The summed E-state index contributed by atoms with van der Waals surface area (Å²) >= 11 is 0. The van der Waals surface area contributed by atoms with E-state index in [0.717, 1.165) is 16.9 Å². The second-order valence-corrected chi connectivity index (χ2v) is 5.75. The summed E-state index contributed by atoms with van der Waals surface area (Å²) in [6, 6.07) is 17.6. The minimum Gasteiger partial charge on any atom is -0.497 e. The number of carbonyl (C=O) groups excluding carboxylic acids is 1. The summed E-state index contributed by atoms with van der Waals surface area (Å²) in [5.74, 6) is 1.01. The van der Waals surface area contributed by atoms with Crippen LogP contribution in [0, 0.1) is 5.92 Å². The molecule has 0 radical (unpaired) electrons. The Labute approximate surface area is 138 Å². The van der Waals surface area contributed by atoms with Crippen LogP contribution in [0.4, 0.5) is 0 Å². The first-order valence-electron chi connectivity index (χ1n) is 7.77. The van der Waals surface area contributed by atoms with Crippen LogP contribution < -0.4 is 10.1 Å². The molecule has 0 fully saturated rings. The highest BCUT2D eigenvalue weighted by atomic mass is 16.5. The molecule has 0 bridgehead atoms. The highest BCUT2D eigenvalue weighted by molar-refractivity contribution is 5.92. The van der Waals surface area contributed by atoms with Crippen molar-refractivity contribution in [2.24, 2.45) is 5.92 Å². The summed E-state index contributed by atoms with van der Waals surface area (Å²) in [6.45, 7) is 4.19. The lowest BCUT2D eigenvalue weighted by atomic mass is 9.96. The zero-order valence-electron chi connectivity index (χ0n) is 13.8. The molecular weight excluding hydrogens is 286 g/mol. The third-order valence-corrected chi connectivity index (χ3v) is 3.67. The van der Waals surface area contributed by atoms with Crippen molar-refractivity contribution in [2.45, 2.75) is 19.9 Å². The number of benzene rings is 2. The molecule has 2 aromatic carbocycles. The number of ether oxygens (including phenoxy) is 1. The molecule has 0 unspecified atom stereocenters. The molecule has 1 amide bonds. The smallest absolute Gasteiger partial charge is 0.244 e. The van der Waals surface area contributed by atoms with Crippen LogP contribution in [0.5, 0.6) is 5.75 Å². The molecule has 0 aliphatic heterocycles. The van der Waals surface area contributed by atoms with Crippen LogP contribution in [-0.2, 0) is 4.79 Å². The Kier molecular flexibility index (Phi) is 5.98. The molecule has 0 aliphatic rings. The summed E-state index contributed by atoms with van der Waals surface area (Å²) < 4.78 is 5.18. The molecule has 1 atom stereocenters. The zero-order chi connectivity index (χ0) is 16.7. The number of nitrogens with one attached hydrogen (secondary N) is 1. The lowest BCUT2D eigenvalue weighted by Gasteiger charge is -2.22. The van der Waals surface area contributed by atoms with E-state index < -0.39 is 0 Å². The van der Waals surface area contributed by atoms with Crippen LogP contribution in [0.25, 0.3) is 6.08 Å². The summed E-state index contributed by atoms with van der Waals surface area (Å²) in [6.07, 6.45) is 3.40. The van der Waals surface area contributed by atoms with Crippen molar-refractivity contribution in [1.82, 2.24) is 5.32 Å². The van der Waals surface area contributed by atoms with Crippen molar-refractivity contribution in [3.05, 3.63) is 71.8 Å². The Morgan fingerprint density at radius 1 is 1.04 bits per heavy atom. The van der Waals surface area contributed by atoms with Crippen molar-refractivity contribution in [1.29, 1.82) is 0 Å². The van der Waals surface area contributed by atoms with Gasteiger partial charge in [-0.3, -0.25) is 4.79 Å². The Bertz CT molecular complexity index is 645. The Morgan fingerprint density at radius 3 is 2.26 bits per heavy atom. The molecule has 3 nitrogen and oxygen atoms in total. The molecule has 2 aromatic rings. The van der Waals surface area contributed by atoms with Gasteiger partial charge in [0.05, 0.1) is 13.2 Å². The van der Waals surface area contributed by atoms with Gasteiger partial charge in [0.15, 0.2) is 0 Å². The molecule has 120 valence electrons. The van der Waals surface area contributed by atoms with Crippen LogP contribution in [0.3, 0.4) is 0 Å². The van der Waals surface area contributed by atoms with E-state index in [-0.39, 0.29) is 17.9 Å². The van der Waals surface area contributed by atoms with Gasteiger partial charge in [-0.15, -0.1) is 0 Å². The second kappa shape index (κ2) is 8.18. The number of methoxy groups -OCH3 is 1. The van der Waals surface area contributed by atoms with E-state index in [9.17, 15) is 4.79 Å². The fourth-order valence-corrected chi connectivity index (χ4v) is 2.38. The Morgan fingerprint density at radius 2 is 1.70 bits per heavy atom. The van der Waals surface area contributed by atoms with Crippen molar-refractivity contribution < 1.29 is 9.53 Å². The average molecular weight is 309 g/mol. The van der Waals surface area contributed by atoms with Gasteiger partial charge in [-0.2, -0.15) is 0 Å². The first-order chi connectivity index (χ1) is 11.1. The lowest BCUT2D eigenvalue weighted by Crippen LogP contribution is -2.30. The van der Waals surface area contributed by atoms with Crippen LogP contribution in [-0.4, -0.2) is 13.0 Å². The van der Waals surface area contributed by atoms with Gasteiger partial charge < -0.3 is 10.1 Å². The quantitative estimate of drug-likeness (QED) is 0.811. The van der Waals surface area contributed by atoms with E-state index in [1.54, 1.807) is 13.2 Å². The van der Waals surface area contributed by atoms with Gasteiger partial charge in [-0.25, -0.2) is 0 Å². The van der Waals surface area contributed by atoms with E-state index in [4.69, 9.17) is 4.74 Å². The number of rotatable bonds is 6. The predicted octanol–water partition coefficient (Wildman–Crippen LogP) is 4.22. The van der Waals surface area contributed by atoms with E-state index in [0.29, 0.717) is 0 Å². The monoisotopic (exact) mass is 309 g/mol. The molecule has 0 aromatic heterocycles. The second-order valence-electron chi connectivity index (χ2n) is 5.75. The summed E-state index contributed by atoms with van der Waals surface area (Å²) in [5.41, 5.74) is 2.08. The van der Waals surface area contributed by atoms with Crippen LogP contribution >= 0.6 is 0 Å². The fourth-order valence-electron chi connectivity index (χ4n) is 2.38. The van der Waals surface area contributed by atoms with Gasteiger partial charge in [0.1, 0.15) is 5.75 Å². The summed E-state index contributed by atoms with van der Waals surface area (Å²) in [5, 5.41) is 3.07. The van der Waals surface area contributed by atoms with Gasteiger partial charge in [0.25, 0.3) is 0 Å².